The number of likely N-dealkylation sites (tertiary alicyclic amines) is 1. The zero-order chi connectivity index (χ0) is 16.5. The average Bonchev–Trinajstić information content (AvgIpc) is 3.07. The predicted molar refractivity (Wildman–Crippen MR) is 109 cm³/mol. The molecule has 0 radical (unpaired) electrons. The third-order valence-electron chi connectivity index (χ3n) is 4.29. The molecule has 6 nitrogen and oxygen atoms in total. The van der Waals surface area contributed by atoms with Crippen LogP contribution in [0.15, 0.2) is 29.5 Å². The Morgan fingerprint density at radius 1 is 1.46 bits per heavy atom. The van der Waals surface area contributed by atoms with E-state index in [1.807, 2.05) is 19.2 Å². The van der Waals surface area contributed by atoms with Crippen molar-refractivity contribution in [3.8, 4) is 5.75 Å². The quantitative estimate of drug-likeness (QED) is 0.300. The Morgan fingerprint density at radius 2 is 2.25 bits per heavy atom. The number of aliphatic imine (C=N–C) groups is 1. The standard InChI is InChI=1S/C17H29N5O.HI/c1-4-21(5-2)15-8-11-22(14-15)17(18-3)20-10-12-23-16-7-6-9-19-13-16;/h6-7,9,13,15H,4-5,8,10-12,14H2,1-3H3,(H,18,20);1H. The van der Waals surface area contributed by atoms with Gasteiger partial charge in [0.2, 0.25) is 0 Å². The molecular formula is C17H30IN5O. The van der Waals surface area contributed by atoms with E-state index in [0.29, 0.717) is 12.6 Å². The molecular weight excluding hydrogens is 417 g/mol. The van der Waals surface area contributed by atoms with Gasteiger partial charge >= 0.3 is 0 Å². The van der Waals surface area contributed by atoms with E-state index in [4.69, 9.17) is 4.74 Å². The Hall–Kier alpha value is -1.09. The topological polar surface area (TPSA) is 53.0 Å². The summed E-state index contributed by atoms with van der Waals surface area (Å²) in [7, 11) is 1.84. The highest BCUT2D eigenvalue weighted by atomic mass is 127. The molecule has 24 heavy (non-hydrogen) atoms. The highest BCUT2D eigenvalue weighted by molar-refractivity contribution is 14.0. The van der Waals surface area contributed by atoms with Gasteiger partial charge in [-0.1, -0.05) is 13.8 Å². The van der Waals surface area contributed by atoms with Gasteiger partial charge in [0.05, 0.1) is 12.7 Å². The van der Waals surface area contributed by atoms with Crippen molar-refractivity contribution in [3.05, 3.63) is 24.5 Å². The van der Waals surface area contributed by atoms with Gasteiger partial charge in [0, 0.05) is 32.4 Å². The molecule has 1 aromatic heterocycles. The molecule has 7 heteroatoms. The summed E-state index contributed by atoms with van der Waals surface area (Å²) >= 11 is 0. The van der Waals surface area contributed by atoms with Crippen LogP contribution in [0.2, 0.25) is 0 Å². The van der Waals surface area contributed by atoms with Crippen LogP contribution in [0, 0.1) is 0 Å². The zero-order valence-electron chi connectivity index (χ0n) is 14.9. The van der Waals surface area contributed by atoms with Gasteiger partial charge in [-0.2, -0.15) is 0 Å². The summed E-state index contributed by atoms with van der Waals surface area (Å²) in [4.78, 5) is 13.3. The van der Waals surface area contributed by atoms with E-state index >= 15 is 0 Å². The largest absolute Gasteiger partial charge is 0.490 e. The number of rotatable bonds is 7. The Kier molecular flexibility index (Phi) is 10.0. The number of ether oxygens (including phenoxy) is 1. The lowest BCUT2D eigenvalue weighted by molar-refractivity contribution is 0.223. The molecule has 0 aromatic carbocycles. The summed E-state index contributed by atoms with van der Waals surface area (Å²) in [6.07, 6.45) is 4.67. The second kappa shape index (κ2) is 11.5. The van der Waals surface area contributed by atoms with Crippen LogP contribution in [0.25, 0.3) is 0 Å². The monoisotopic (exact) mass is 447 g/mol. The molecule has 1 unspecified atom stereocenters. The van der Waals surface area contributed by atoms with E-state index in [9.17, 15) is 0 Å². The van der Waals surface area contributed by atoms with Crippen molar-refractivity contribution in [3.63, 3.8) is 0 Å². The number of aromatic nitrogens is 1. The van der Waals surface area contributed by atoms with E-state index in [1.165, 1.54) is 6.42 Å². The minimum atomic E-state index is 0. The molecule has 2 heterocycles. The van der Waals surface area contributed by atoms with Gasteiger partial charge in [-0.25, -0.2) is 0 Å². The molecule has 2 rings (SSSR count). The van der Waals surface area contributed by atoms with Crippen molar-refractivity contribution < 1.29 is 4.74 Å². The van der Waals surface area contributed by atoms with Crippen LogP contribution in [-0.4, -0.2) is 73.2 Å². The molecule has 1 aromatic rings. The number of guanidine groups is 1. The lowest BCUT2D eigenvalue weighted by Crippen LogP contribution is -2.44. The zero-order valence-corrected chi connectivity index (χ0v) is 17.3. The number of halogens is 1. The Bertz CT molecular complexity index is 481. The number of likely N-dealkylation sites (N-methyl/N-ethyl adjacent to an activating group) is 1. The van der Waals surface area contributed by atoms with Crippen molar-refractivity contribution >= 4 is 29.9 Å². The third-order valence-corrected chi connectivity index (χ3v) is 4.29. The highest BCUT2D eigenvalue weighted by Gasteiger charge is 2.27. The summed E-state index contributed by atoms with van der Waals surface area (Å²) in [5.74, 6) is 1.77. The van der Waals surface area contributed by atoms with Crippen molar-refractivity contribution in [2.45, 2.75) is 26.3 Å². The average molecular weight is 447 g/mol. The molecule has 0 saturated carbocycles. The predicted octanol–water partition coefficient (Wildman–Crippen LogP) is 2.07. The van der Waals surface area contributed by atoms with Crippen LogP contribution in [0.5, 0.6) is 5.75 Å². The van der Waals surface area contributed by atoms with E-state index in [2.05, 4.69) is 38.9 Å². The molecule has 136 valence electrons. The fraction of sp³-hybridized carbons (Fsp3) is 0.647. The Balaban J connectivity index is 0.00000288. The normalized spacial score (nSPS) is 17.8. The number of nitrogens with zero attached hydrogens (tertiary/aromatic N) is 4. The fourth-order valence-corrected chi connectivity index (χ4v) is 3.07. The maximum absolute atomic E-state index is 5.65. The van der Waals surface area contributed by atoms with Crippen LogP contribution >= 0.6 is 24.0 Å². The molecule has 0 aliphatic carbocycles. The van der Waals surface area contributed by atoms with Crippen molar-refractivity contribution in [2.75, 3.05) is 46.4 Å². The lowest BCUT2D eigenvalue weighted by atomic mass is 10.2. The van der Waals surface area contributed by atoms with Crippen molar-refractivity contribution in [1.29, 1.82) is 0 Å². The summed E-state index contributed by atoms with van der Waals surface area (Å²) in [5.41, 5.74) is 0. The minimum absolute atomic E-state index is 0. The summed E-state index contributed by atoms with van der Waals surface area (Å²) in [6.45, 7) is 10.1. The molecule has 0 spiro atoms. The first-order valence-corrected chi connectivity index (χ1v) is 8.51. The molecule has 0 amide bonds. The van der Waals surface area contributed by atoms with Crippen LogP contribution < -0.4 is 10.1 Å². The van der Waals surface area contributed by atoms with Gasteiger partial charge in [-0.05, 0) is 31.6 Å². The van der Waals surface area contributed by atoms with Gasteiger partial charge in [0.1, 0.15) is 12.4 Å². The maximum atomic E-state index is 5.65. The first kappa shape index (κ1) is 21.0. The van der Waals surface area contributed by atoms with Crippen LogP contribution in [0.1, 0.15) is 20.3 Å². The second-order valence-corrected chi connectivity index (χ2v) is 5.62. The Labute approximate surface area is 162 Å². The molecule has 1 aliphatic rings. The first-order chi connectivity index (χ1) is 11.3. The third kappa shape index (κ3) is 6.08. The summed E-state index contributed by atoms with van der Waals surface area (Å²) in [5, 5.41) is 3.39. The number of pyridine rings is 1. The first-order valence-electron chi connectivity index (χ1n) is 8.51. The molecule has 0 bridgehead atoms. The lowest BCUT2D eigenvalue weighted by Gasteiger charge is -2.27. The Morgan fingerprint density at radius 3 is 2.88 bits per heavy atom. The van der Waals surface area contributed by atoms with Gasteiger partial charge < -0.3 is 15.0 Å². The van der Waals surface area contributed by atoms with E-state index in [-0.39, 0.29) is 24.0 Å². The smallest absolute Gasteiger partial charge is 0.193 e. The van der Waals surface area contributed by atoms with Crippen LogP contribution in [0.3, 0.4) is 0 Å². The number of hydrogen-bond acceptors (Lipinski definition) is 4. The molecule has 1 atom stereocenters. The van der Waals surface area contributed by atoms with E-state index in [1.54, 1.807) is 12.4 Å². The second-order valence-electron chi connectivity index (χ2n) is 5.62. The number of nitrogens with one attached hydrogen (secondary N) is 1. The van der Waals surface area contributed by atoms with Gasteiger partial charge in [-0.15, -0.1) is 24.0 Å². The van der Waals surface area contributed by atoms with Crippen molar-refractivity contribution in [1.82, 2.24) is 20.1 Å². The van der Waals surface area contributed by atoms with Gasteiger partial charge in [0.15, 0.2) is 5.96 Å². The van der Waals surface area contributed by atoms with E-state index < -0.39 is 0 Å². The fourth-order valence-electron chi connectivity index (χ4n) is 3.07. The maximum Gasteiger partial charge on any atom is 0.193 e. The van der Waals surface area contributed by atoms with Crippen molar-refractivity contribution in [2.24, 2.45) is 4.99 Å². The SMILES string of the molecule is CCN(CC)C1CCN(C(=NC)NCCOc2cccnc2)C1.I. The van der Waals surface area contributed by atoms with Crippen LogP contribution in [0.4, 0.5) is 0 Å². The minimum Gasteiger partial charge on any atom is -0.490 e. The van der Waals surface area contributed by atoms with Gasteiger partial charge in [-0.3, -0.25) is 14.9 Å². The molecule has 1 N–H and O–H groups in total. The summed E-state index contributed by atoms with van der Waals surface area (Å²) in [6, 6.07) is 4.42. The molecule has 1 saturated heterocycles. The molecule has 1 aliphatic heterocycles. The van der Waals surface area contributed by atoms with Gasteiger partial charge in [0.25, 0.3) is 0 Å². The van der Waals surface area contributed by atoms with Crippen LogP contribution in [-0.2, 0) is 0 Å². The van der Waals surface area contributed by atoms with E-state index in [0.717, 1.165) is 44.4 Å². The highest BCUT2D eigenvalue weighted by Crippen LogP contribution is 2.15. The number of hydrogen-bond donors (Lipinski definition) is 1. The molecule has 1 fully saturated rings. The summed E-state index contributed by atoms with van der Waals surface area (Å²) < 4.78 is 5.65.